The van der Waals surface area contributed by atoms with Crippen LogP contribution < -0.4 is 10.2 Å². The maximum Gasteiger partial charge on any atom is 0.288 e. The van der Waals surface area contributed by atoms with Gasteiger partial charge < -0.3 is 10.2 Å². The van der Waals surface area contributed by atoms with E-state index in [1.165, 1.54) is 12.8 Å². The zero-order valence-electron chi connectivity index (χ0n) is 11.4. The minimum atomic E-state index is -0.426. The van der Waals surface area contributed by atoms with Crippen molar-refractivity contribution in [2.24, 2.45) is 0 Å². The second kappa shape index (κ2) is 5.22. The Morgan fingerprint density at radius 3 is 2.85 bits per heavy atom. The molecule has 2 atom stereocenters. The highest BCUT2D eigenvalue weighted by Gasteiger charge is 2.30. The summed E-state index contributed by atoms with van der Waals surface area (Å²) in [5.74, 6) is 0. The summed E-state index contributed by atoms with van der Waals surface area (Å²) in [6, 6.07) is 4.47. The normalized spacial score (nSPS) is 25.6. The van der Waals surface area contributed by atoms with Crippen LogP contribution >= 0.6 is 11.6 Å². The predicted octanol–water partition coefficient (Wildman–Crippen LogP) is 2.89. The van der Waals surface area contributed by atoms with Gasteiger partial charge in [0.25, 0.3) is 5.69 Å². The third-order valence-electron chi connectivity index (χ3n) is 4.33. The Kier molecular flexibility index (Phi) is 3.56. The van der Waals surface area contributed by atoms with Crippen LogP contribution in [0.1, 0.15) is 24.8 Å². The predicted molar refractivity (Wildman–Crippen MR) is 79.6 cm³/mol. The minimum absolute atomic E-state index is 0.0117. The number of nitro benzene ring substituents is 1. The van der Waals surface area contributed by atoms with Crippen LogP contribution in [-0.2, 0) is 0 Å². The van der Waals surface area contributed by atoms with Gasteiger partial charge in [0.1, 0.15) is 5.02 Å². The van der Waals surface area contributed by atoms with E-state index >= 15 is 0 Å². The van der Waals surface area contributed by atoms with Crippen molar-refractivity contribution in [1.29, 1.82) is 0 Å². The molecule has 0 aromatic heterocycles. The molecule has 5 nitrogen and oxygen atoms in total. The molecule has 6 heteroatoms. The Morgan fingerprint density at radius 1 is 1.35 bits per heavy atom. The van der Waals surface area contributed by atoms with Crippen molar-refractivity contribution in [2.75, 3.05) is 18.0 Å². The maximum absolute atomic E-state index is 10.9. The molecule has 1 aromatic rings. The highest BCUT2D eigenvalue weighted by Crippen LogP contribution is 2.34. The summed E-state index contributed by atoms with van der Waals surface area (Å²) >= 11 is 6.05. The fraction of sp³-hybridized carbons (Fsp3) is 0.571. The summed E-state index contributed by atoms with van der Waals surface area (Å²) < 4.78 is 0. The van der Waals surface area contributed by atoms with Gasteiger partial charge in [-0.3, -0.25) is 10.1 Å². The van der Waals surface area contributed by atoms with Crippen molar-refractivity contribution < 1.29 is 4.92 Å². The summed E-state index contributed by atoms with van der Waals surface area (Å²) in [4.78, 5) is 12.8. The molecule has 2 heterocycles. The number of hydrogen-bond donors (Lipinski definition) is 1. The lowest BCUT2D eigenvalue weighted by Gasteiger charge is -2.28. The number of halogens is 1. The van der Waals surface area contributed by atoms with Crippen LogP contribution in [0.3, 0.4) is 0 Å². The van der Waals surface area contributed by atoms with Crippen molar-refractivity contribution in [3.63, 3.8) is 0 Å². The molecule has 0 radical (unpaired) electrons. The number of rotatable bonds is 2. The first-order valence-electron chi connectivity index (χ1n) is 7.00. The molecule has 0 spiro atoms. The van der Waals surface area contributed by atoms with Gasteiger partial charge >= 0.3 is 0 Å². The molecule has 2 saturated heterocycles. The van der Waals surface area contributed by atoms with E-state index in [9.17, 15) is 10.1 Å². The van der Waals surface area contributed by atoms with Crippen LogP contribution in [0.25, 0.3) is 0 Å². The number of benzene rings is 1. The second-order valence-corrected chi connectivity index (χ2v) is 6.13. The van der Waals surface area contributed by atoms with E-state index in [1.54, 1.807) is 12.1 Å². The fourth-order valence-electron chi connectivity index (χ4n) is 3.30. The van der Waals surface area contributed by atoms with E-state index in [2.05, 4.69) is 10.2 Å². The van der Waals surface area contributed by atoms with E-state index < -0.39 is 4.92 Å². The van der Waals surface area contributed by atoms with Gasteiger partial charge in [-0.2, -0.15) is 0 Å². The van der Waals surface area contributed by atoms with Crippen molar-refractivity contribution in [3.8, 4) is 0 Å². The molecule has 2 aliphatic rings. The molecular formula is C14H18ClN3O2. The number of nitrogens with zero attached hydrogens (tertiary/aromatic N) is 2. The Morgan fingerprint density at radius 2 is 2.10 bits per heavy atom. The Labute approximate surface area is 123 Å². The van der Waals surface area contributed by atoms with Gasteiger partial charge in [0.05, 0.1) is 4.92 Å². The molecular weight excluding hydrogens is 278 g/mol. The lowest BCUT2D eigenvalue weighted by Crippen LogP contribution is -2.35. The molecule has 1 N–H and O–H groups in total. The average Bonchev–Trinajstić information content (AvgIpc) is 2.72. The van der Waals surface area contributed by atoms with Crippen molar-refractivity contribution in [3.05, 3.63) is 32.8 Å². The number of fused-ring (bicyclic) bond motifs is 2. The Hall–Kier alpha value is -1.33. The Balaban J connectivity index is 1.90. The van der Waals surface area contributed by atoms with Gasteiger partial charge in [0.15, 0.2) is 0 Å². The summed E-state index contributed by atoms with van der Waals surface area (Å²) in [6.07, 6.45) is 3.59. The molecule has 0 saturated carbocycles. The molecule has 3 rings (SSSR count). The van der Waals surface area contributed by atoms with E-state index in [4.69, 9.17) is 11.6 Å². The lowest BCUT2D eigenvalue weighted by molar-refractivity contribution is -0.384. The number of nitrogens with one attached hydrogen (secondary N) is 1. The monoisotopic (exact) mass is 295 g/mol. The smallest absolute Gasteiger partial charge is 0.288 e. The van der Waals surface area contributed by atoms with E-state index in [0.717, 1.165) is 30.8 Å². The van der Waals surface area contributed by atoms with Gasteiger partial charge in [-0.15, -0.1) is 0 Å². The zero-order valence-corrected chi connectivity index (χ0v) is 12.2. The van der Waals surface area contributed by atoms with Crippen LogP contribution in [0.15, 0.2) is 12.1 Å². The van der Waals surface area contributed by atoms with Crippen LogP contribution in [0.4, 0.5) is 11.4 Å². The van der Waals surface area contributed by atoms with Gasteiger partial charge in [-0.05, 0) is 37.8 Å². The maximum atomic E-state index is 10.9. The zero-order chi connectivity index (χ0) is 14.3. The molecule has 2 unspecified atom stereocenters. The van der Waals surface area contributed by atoms with Gasteiger partial charge in [0, 0.05) is 36.9 Å². The summed E-state index contributed by atoms with van der Waals surface area (Å²) in [5.41, 5.74) is 1.93. The van der Waals surface area contributed by atoms with Crippen molar-refractivity contribution in [1.82, 2.24) is 5.32 Å². The number of anilines is 1. The largest absolute Gasteiger partial charge is 0.370 e. The lowest BCUT2D eigenvalue weighted by atomic mass is 10.1. The van der Waals surface area contributed by atoms with Gasteiger partial charge in [0.2, 0.25) is 0 Å². The molecule has 1 aromatic carbocycles. The molecule has 20 heavy (non-hydrogen) atoms. The highest BCUT2D eigenvalue weighted by molar-refractivity contribution is 6.33. The first kappa shape index (κ1) is 13.6. The molecule has 2 bridgehead atoms. The number of nitro groups is 1. The van der Waals surface area contributed by atoms with Crippen molar-refractivity contribution >= 4 is 23.0 Å². The Bertz CT molecular complexity index is 549. The van der Waals surface area contributed by atoms with E-state index in [-0.39, 0.29) is 10.7 Å². The van der Waals surface area contributed by atoms with Crippen molar-refractivity contribution in [2.45, 2.75) is 38.3 Å². The van der Waals surface area contributed by atoms with Gasteiger partial charge in [-0.25, -0.2) is 0 Å². The van der Waals surface area contributed by atoms with Gasteiger partial charge in [-0.1, -0.05) is 11.6 Å². The standard InChI is InChI=1S/C14H18ClN3O2/c1-9-6-14(18(19)20)12(15)7-13(9)17-5-4-10-2-3-11(8-17)16-10/h6-7,10-11,16H,2-5,8H2,1H3. The third-order valence-corrected chi connectivity index (χ3v) is 4.63. The summed E-state index contributed by atoms with van der Waals surface area (Å²) in [5, 5.41) is 14.8. The molecule has 0 aliphatic carbocycles. The third kappa shape index (κ3) is 2.47. The highest BCUT2D eigenvalue weighted by atomic mass is 35.5. The first-order chi connectivity index (χ1) is 9.54. The number of hydrogen-bond acceptors (Lipinski definition) is 4. The van der Waals surface area contributed by atoms with Crippen LogP contribution in [0.5, 0.6) is 0 Å². The first-order valence-corrected chi connectivity index (χ1v) is 7.38. The quantitative estimate of drug-likeness (QED) is 0.673. The molecule has 2 aliphatic heterocycles. The van der Waals surface area contributed by atoms with Crippen LogP contribution in [0, 0.1) is 17.0 Å². The summed E-state index contributed by atoms with van der Waals surface area (Å²) in [7, 11) is 0. The fourth-order valence-corrected chi connectivity index (χ4v) is 3.53. The molecule has 2 fully saturated rings. The number of aryl methyl sites for hydroxylation is 1. The topological polar surface area (TPSA) is 58.4 Å². The molecule has 108 valence electrons. The molecule has 0 amide bonds. The van der Waals surface area contributed by atoms with E-state index in [0.29, 0.717) is 12.1 Å². The van der Waals surface area contributed by atoms with E-state index in [1.807, 2.05) is 6.92 Å². The van der Waals surface area contributed by atoms with Crippen LogP contribution in [-0.4, -0.2) is 30.1 Å². The average molecular weight is 296 g/mol. The van der Waals surface area contributed by atoms with Crippen LogP contribution in [0.2, 0.25) is 5.02 Å². The minimum Gasteiger partial charge on any atom is -0.370 e. The second-order valence-electron chi connectivity index (χ2n) is 5.72. The SMILES string of the molecule is Cc1cc([N+](=O)[O-])c(Cl)cc1N1CCC2CCC(C1)N2. The summed E-state index contributed by atoms with van der Waals surface area (Å²) in [6.45, 7) is 3.84.